The van der Waals surface area contributed by atoms with Gasteiger partial charge in [-0.3, -0.25) is 19.3 Å². The van der Waals surface area contributed by atoms with E-state index in [2.05, 4.69) is 5.32 Å². The van der Waals surface area contributed by atoms with Crippen LogP contribution >= 0.6 is 0 Å². The molecule has 2 saturated carbocycles. The van der Waals surface area contributed by atoms with Crippen molar-refractivity contribution in [3.63, 3.8) is 0 Å². The topological polar surface area (TPSA) is 119 Å². The Hall–Kier alpha value is -3.23. The Morgan fingerprint density at radius 1 is 1.03 bits per heavy atom. The lowest BCUT2D eigenvalue weighted by Crippen LogP contribution is -2.45. The Morgan fingerprint density at radius 3 is 2.21 bits per heavy atom. The minimum Gasteiger partial charge on any atom is -0.462 e. The van der Waals surface area contributed by atoms with E-state index in [0.29, 0.717) is 17.9 Å². The van der Waals surface area contributed by atoms with Crippen LogP contribution in [0.1, 0.15) is 49.9 Å². The molecule has 0 aromatic heterocycles. The van der Waals surface area contributed by atoms with Gasteiger partial charge in [-0.05, 0) is 68.7 Å². The molecule has 9 heteroatoms. The first-order valence-electron chi connectivity index (χ1n) is 11.4. The average Bonchev–Trinajstić information content (AvgIpc) is 3.49. The normalized spacial score (nSPS) is 26.2. The van der Waals surface area contributed by atoms with Crippen LogP contribution in [0.2, 0.25) is 0 Å². The predicted molar refractivity (Wildman–Crippen MR) is 116 cm³/mol. The van der Waals surface area contributed by atoms with E-state index in [1.165, 1.54) is 19.1 Å². The number of imide groups is 1. The highest BCUT2D eigenvalue weighted by Crippen LogP contribution is 2.56. The summed E-state index contributed by atoms with van der Waals surface area (Å²) in [5.74, 6) is -2.55. The molecular formula is C24H28N2O7. The largest absolute Gasteiger partial charge is 0.462 e. The van der Waals surface area contributed by atoms with Gasteiger partial charge >= 0.3 is 11.9 Å². The molecule has 3 aliphatic rings. The summed E-state index contributed by atoms with van der Waals surface area (Å²) in [6, 6.07) is 5.06. The van der Waals surface area contributed by atoms with E-state index in [1.54, 1.807) is 12.1 Å². The van der Waals surface area contributed by atoms with Gasteiger partial charge in [-0.25, -0.2) is 9.59 Å². The molecule has 3 fully saturated rings. The van der Waals surface area contributed by atoms with E-state index in [0.717, 1.165) is 30.6 Å². The van der Waals surface area contributed by atoms with Gasteiger partial charge in [-0.1, -0.05) is 6.92 Å². The zero-order valence-electron chi connectivity index (χ0n) is 18.7. The number of nitrogens with one attached hydrogen (secondary N) is 1. The van der Waals surface area contributed by atoms with Gasteiger partial charge in [0.15, 0.2) is 6.61 Å². The Bertz CT molecular complexity index is 946. The number of hydrogen-bond acceptors (Lipinski definition) is 7. The number of carbonyl (C=O) groups is 5. The Balaban J connectivity index is 1.27. The van der Waals surface area contributed by atoms with Gasteiger partial charge in [-0.15, -0.1) is 0 Å². The fraction of sp³-hybridized carbons (Fsp3) is 0.542. The molecule has 5 atom stereocenters. The molecule has 2 bridgehead atoms. The number of rotatable bonds is 8. The van der Waals surface area contributed by atoms with E-state index in [1.807, 2.05) is 6.92 Å². The first kappa shape index (κ1) is 22.9. The number of amides is 3. The summed E-state index contributed by atoms with van der Waals surface area (Å²) >= 11 is 0. The molecule has 0 radical (unpaired) electrons. The molecule has 4 rings (SSSR count). The third-order valence-corrected chi connectivity index (χ3v) is 6.88. The Labute approximate surface area is 191 Å². The Kier molecular flexibility index (Phi) is 6.49. The van der Waals surface area contributed by atoms with Crippen molar-refractivity contribution in [2.24, 2.45) is 23.7 Å². The van der Waals surface area contributed by atoms with Gasteiger partial charge in [-0.2, -0.15) is 0 Å². The molecule has 1 N–H and O–H groups in total. The molecule has 1 aromatic carbocycles. The maximum Gasteiger partial charge on any atom is 0.338 e. The number of fused-ring (bicyclic) bond motifs is 5. The molecule has 3 amide bonds. The lowest BCUT2D eigenvalue weighted by Gasteiger charge is -2.23. The van der Waals surface area contributed by atoms with E-state index in [-0.39, 0.29) is 35.5 Å². The molecule has 176 valence electrons. The second-order valence-corrected chi connectivity index (χ2v) is 8.98. The van der Waals surface area contributed by atoms with Gasteiger partial charge in [0, 0.05) is 5.69 Å². The summed E-state index contributed by atoms with van der Waals surface area (Å²) in [5.41, 5.74) is 0.782. The molecule has 9 nitrogen and oxygen atoms in total. The number of anilines is 1. The molecule has 0 spiro atoms. The van der Waals surface area contributed by atoms with Crippen LogP contribution in [0, 0.1) is 23.7 Å². The summed E-state index contributed by atoms with van der Waals surface area (Å²) < 4.78 is 10.1. The smallest absolute Gasteiger partial charge is 0.338 e. The molecule has 33 heavy (non-hydrogen) atoms. The standard InChI is InChI=1S/C24H28N2O7/c1-3-10-32-24(31)14-6-8-17(9-7-14)25-18(27)12-33-23(30)13(2)26-21(28)19-15-4-5-16(11-15)20(19)22(26)29/h6-9,13,15-16,19-20H,3-5,10-12H2,1-2H3,(H,25,27)/t13-,15+,16+,19-,20+/m1/s1. The van der Waals surface area contributed by atoms with Crippen molar-refractivity contribution in [1.82, 2.24) is 4.90 Å². The lowest BCUT2D eigenvalue weighted by molar-refractivity contribution is -0.159. The zero-order valence-corrected chi connectivity index (χ0v) is 18.7. The molecule has 0 unspecified atom stereocenters. The highest BCUT2D eigenvalue weighted by atomic mass is 16.5. The number of benzene rings is 1. The summed E-state index contributed by atoms with van der Waals surface area (Å²) in [7, 11) is 0. The van der Waals surface area contributed by atoms with Crippen LogP contribution in [0.5, 0.6) is 0 Å². The van der Waals surface area contributed by atoms with Crippen LogP contribution < -0.4 is 5.32 Å². The third-order valence-electron chi connectivity index (χ3n) is 6.88. The number of esters is 2. The van der Waals surface area contributed by atoms with Crippen LogP contribution in [0.15, 0.2) is 24.3 Å². The van der Waals surface area contributed by atoms with E-state index >= 15 is 0 Å². The van der Waals surface area contributed by atoms with Crippen LogP contribution in [0.3, 0.4) is 0 Å². The number of carbonyl (C=O) groups excluding carboxylic acids is 5. The summed E-state index contributed by atoms with van der Waals surface area (Å²) in [5, 5.41) is 2.57. The minimum absolute atomic E-state index is 0.232. The third kappa shape index (κ3) is 4.36. The summed E-state index contributed by atoms with van der Waals surface area (Å²) in [6.07, 6.45) is 3.55. The molecule has 1 aliphatic heterocycles. The quantitative estimate of drug-likeness (QED) is 0.470. The van der Waals surface area contributed by atoms with Gasteiger partial charge in [0.1, 0.15) is 6.04 Å². The SMILES string of the molecule is CCCOC(=O)c1ccc(NC(=O)COC(=O)[C@@H](C)N2C(=O)[C@@H]3[C@H]4CC[C@@H](C4)[C@@H]3C2=O)cc1. The van der Waals surface area contributed by atoms with Crippen LogP contribution in [-0.2, 0) is 28.7 Å². The van der Waals surface area contributed by atoms with E-state index < -0.39 is 30.5 Å². The molecular weight excluding hydrogens is 428 g/mol. The first-order valence-corrected chi connectivity index (χ1v) is 11.4. The van der Waals surface area contributed by atoms with Crippen molar-refractivity contribution in [3.05, 3.63) is 29.8 Å². The van der Waals surface area contributed by atoms with Gasteiger partial charge in [0.25, 0.3) is 5.91 Å². The molecule has 1 heterocycles. The maximum absolute atomic E-state index is 12.8. The van der Waals surface area contributed by atoms with Gasteiger partial charge < -0.3 is 14.8 Å². The summed E-state index contributed by atoms with van der Waals surface area (Å²) in [4.78, 5) is 63.2. The first-order chi connectivity index (χ1) is 15.8. The van der Waals surface area contributed by atoms with Crippen molar-refractivity contribution in [2.45, 2.75) is 45.6 Å². The fourth-order valence-electron chi connectivity index (χ4n) is 5.34. The minimum atomic E-state index is -1.07. The second kappa shape index (κ2) is 9.33. The summed E-state index contributed by atoms with van der Waals surface area (Å²) in [6.45, 7) is 3.13. The Morgan fingerprint density at radius 2 is 1.64 bits per heavy atom. The predicted octanol–water partition coefficient (Wildman–Crippen LogP) is 2.15. The van der Waals surface area contributed by atoms with Crippen molar-refractivity contribution in [1.29, 1.82) is 0 Å². The molecule has 1 aromatic rings. The van der Waals surface area contributed by atoms with Gasteiger partial charge in [0.2, 0.25) is 11.8 Å². The number of ether oxygens (including phenoxy) is 2. The van der Waals surface area contributed by atoms with Crippen molar-refractivity contribution < 1.29 is 33.4 Å². The van der Waals surface area contributed by atoms with Crippen molar-refractivity contribution >= 4 is 35.3 Å². The molecule has 1 saturated heterocycles. The van der Waals surface area contributed by atoms with Gasteiger partial charge in [0.05, 0.1) is 24.0 Å². The fourth-order valence-corrected chi connectivity index (χ4v) is 5.34. The van der Waals surface area contributed by atoms with E-state index in [4.69, 9.17) is 9.47 Å². The van der Waals surface area contributed by atoms with Crippen LogP contribution in [0.25, 0.3) is 0 Å². The molecule has 2 aliphatic carbocycles. The number of likely N-dealkylation sites (tertiary alicyclic amines) is 1. The van der Waals surface area contributed by atoms with Crippen molar-refractivity contribution in [3.8, 4) is 0 Å². The highest BCUT2D eigenvalue weighted by molar-refractivity contribution is 6.08. The zero-order chi connectivity index (χ0) is 23.7. The number of hydrogen-bond donors (Lipinski definition) is 1. The maximum atomic E-state index is 12.8. The van der Waals surface area contributed by atoms with Crippen molar-refractivity contribution in [2.75, 3.05) is 18.5 Å². The van der Waals surface area contributed by atoms with Crippen LogP contribution in [-0.4, -0.2) is 53.8 Å². The average molecular weight is 456 g/mol. The number of nitrogens with zero attached hydrogens (tertiary/aromatic N) is 1. The second-order valence-electron chi connectivity index (χ2n) is 8.98. The lowest BCUT2D eigenvalue weighted by atomic mass is 9.81. The van der Waals surface area contributed by atoms with Crippen LogP contribution in [0.4, 0.5) is 5.69 Å². The van der Waals surface area contributed by atoms with E-state index in [9.17, 15) is 24.0 Å². The monoisotopic (exact) mass is 456 g/mol. The highest BCUT2D eigenvalue weighted by Gasteiger charge is 2.62.